The monoisotopic (exact) mass is 280 g/mol. The second kappa shape index (κ2) is 5.00. The molecule has 100 valence electrons. The fourth-order valence-corrected chi connectivity index (χ4v) is 3.97. The SMILES string of the molecule is c1ccc2c(c1)CCNC2Cc1nc2ccccc2s1. The number of fused-ring (bicyclic) bond motifs is 2. The Bertz CT molecular complexity index is 714. The summed E-state index contributed by atoms with van der Waals surface area (Å²) in [7, 11) is 0. The lowest BCUT2D eigenvalue weighted by Crippen LogP contribution is -2.31. The number of benzene rings is 2. The zero-order valence-corrected chi connectivity index (χ0v) is 12.0. The first-order valence-electron chi connectivity index (χ1n) is 7.06. The zero-order valence-electron chi connectivity index (χ0n) is 11.2. The molecule has 2 aromatic carbocycles. The van der Waals surface area contributed by atoms with E-state index in [9.17, 15) is 0 Å². The molecule has 1 unspecified atom stereocenters. The van der Waals surface area contributed by atoms with Gasteiger partial charge >= 0.3 is 0 Å². The summed E-state index contributed by atoms with van der Waals surface area (Å²) in [6.45, 7) is 1.06. The van der Waals surface area contributed by atoms with Crippen LogP contribution in [0.5, 0.6) is 0 Å². The van der Waals surface area contributed by atoms with Crippen LogP contribution in [0.4, 0.5) is 0 Å². The Hall–Kier alpha value is -1.71. The number of nitrogens with one attached hydrogen (secondary N) is 1. The van der Waals surface area contributed by atoms with Crippen molar-refractivity contribution >= 4 is 21.6 Å². The number of thiazole rings is 1. The Balaban J connectivity index is 1.66. The van der Waals surface area contributed by atoms with E-state index in [1.54, 1.807) is 0 Å². The van der Waals surface area contributed by atoms with Gasteiger partial charge in [0.25, 0.3) is 0 Å². The standard InChI is InChI=1S/C17H16N2S/c1-2-6-13-12(5-1)9-10-18-15(13)11-17-19-14-7-3-4-8-16(14)20-17/h1-8,15,18H,9-11H2. The van der Waals surface area contributed by atoms with E-state index in [0.29, 0.717) is 6.04 Å². The van der Waals surface area contributed by atoms with Crippen LogP contribution in [0.15, 0.2) is 48.5 Å². The minimum atomic E-state index is 0.403. The van der Waals surface area contributed by atoms with Gasteiger partial charge < -0.3 is 5.32 Å². The number of hydrogen-bond donors (Lipinski definition) is 1. The van der Waals surface area contributed by atoms with Gasteiger partial charge in [0.15, 0.2) is 0 Å². The van der Waals surface area contributed by atoms with Gasteiger partial charge in [-0.1, -0.05) is 36.4 Å². The first-order chi connectivity index (χ1) is 9.90. The highest BCUT2D eigenvalue weighted by atomic mass is 32.1. The fraction of sp³-hybridized carbons (Fsp3) is 0.235. The lowest BCUT2D eigenvalue weighted by Gasteiger charge is -2.26. The molecule has 0 amide bonds. The molecule has 0 saturated heterocycles. The number of rotatable bonds is 2. The second-order valence-corrected chi connectivity index (χ2v) is 6.35. The summed E-state index contributed by atoms with van der Waals surface area (Å²) < 4.78 is 1.28. The van der Waals surface area contributed by atoms with Crippen LogP contribution in [0.3, 0.4) is 0 Å². The lowest BCUT2D eigenvalue weighted by atomic mass is 9.93. The van der Waals surface area contributed by atoms with Gasteiger partial charge in [0, 0.05) is 12.5 Å². The third-order valence-electron chi connectivity index (χ3n) is 3.93. The van der Waals surface area contributed by atoms with Gasteiger partial charge in [-0.3, -0.25) is 0 Å². The van der Waals surface area contributed by atoms with Gasteiger partial charge in [0.1, 0.15) is 0 Å². The molecule has 20 heavy (non-hydrogen) atoms. The van der Waals surface area contributed by atoms with Crippen LogP contribution < -0.4 is 5.32 Å². The molecule has 3 aromatic rings. The summed E-state index contributed by atoms with van der Waals surface area (Å²) in [5.74, 6) is 0. The van der Waals surface area contributed by atoms with E-state index in [1.165, 1.54) is 20.8 Å². The Labute approximate surface area is 122 Å². The highest BCUT2D eigenvalue weighted by Crippen LogP contribution is 2.29. The molecule has 0 saturated carbocycles. The van der Waals surface area contributed by atoms with Gasteiger partial charge in [-0.25, -0.2) is 4.98 Å². The molecule has 2 heterocycles. The molecule has 1 atom stereocenters. The zero-order chi connectivity index (χ0) is 13.4. The van der Waals surface area contributed by atoms with Crippen molar-refractivity contribution in [2.24, 2.45) is 0 Å². The van der Waals surface area contributed by atoms with E-state index in [-0.39, 0.29) is 0 Å². The second-order valence-electron chi connectivity index (χ2n) is 5.23. The topological polar surface area (TPSA) is 24.9 Å². The Morgan fingerprint density at radius 3 is 2.90 bits per heavy atom. The van der Waals surface area contributed by atoms with Crippen LogP contribution in [-0.2, 0) is 12.8 Å². The summed E-state index contributed by atoms with van der Waals surface area (Å²) in [6, 6.07) is 17.6. The molecule has 1 aliphatic rings. The first kappa shape index (κ1) is 12.1. The maximum absolute atomic E-state index is 4.76. The third-order valence-corrected chi connectivity index (χ3v) is 4.99. The minimum absolute atomic E-state index is 0.403. The van der Waals surface area contributed by atoms with Crippen molar-refractivity contribution in [3.63, 3.8) is 0 Å². The van der Waals surface area contributed by atoms with E-state index >= 15 is 0 Å². The van der Waals surface area contributed by atoms with Crippen molar-refractivity contribution in [1.82, 2.24) is 10.3 Å². The number of nitrogens with zero attached hydrogens (tertiary/aromatic N) is 1. The lowest BCUT2D eigenvalue weighted by molar-refractivity contribution is 0.502. The van der Waals surface area contributed by atoms with Crippen LogP contribution in [0.1, 0.15) is 22.2 Å². The number of aromatic nitrogens is 1. The molecule has 2 nitrogen and oxygen atoms in total. The van der Waals surface area contributed by atoms with E-state index in [1.807, 2.05) is 11.3 Å². The molecular formula is C17H16N2S. The normalized spacial score (nSPS) is 18.1. The highest BCUT2D eigenvalue weighted by molar-refractivity contribution is 7.18. The molecular weight excluding hydrogens is 264 g/mol. The molecule has 0 radical (unpaired) electrons. The van der Waals surface area contributed by atoms with Gasteiger partial charge in [0.05, 0.1) is 15.2 Å². The maximum atomic E-state index is 4.76. The maximum Gasteiger partial charge on any atom is 0.0957 e. The minimum Gasteiger partial charge on any atom is -0.309 e. The predicted molar refractivity (Wildman–Crippen MR) is 84.2 cm³/mol. The van der Waals surface area contributed by atoms with Crippen LogP contribution in [0, 0.1) is 0 Å². The van der Waals surface area contributed by atoms with E-state index < -0.39 is 0 Å². The van der Waals surface area contributed by atoms with Crippen LogP contribution in [-0.4, -0.2) is 11.5 Å². The molecule has 4 rings (SSSR count). The molecule has 1 N–H and O–H groups in total. The number of para-hydroxylation sites is 1. The van der Waals surface area contributed by atoms with Crippen LogP contribution >= 0.6 is 11.3 Å². The van der Waals surface area contributed by atoms with Crippen molar-refractivity contribution in [2.75, 3.05) is 6.54 Å². The summed E-state index contributed by atoms with van der Waals surface area (Å²) in [4.78, 5) is 4.76. The molecule has 0 bridgehead atoms. The molecule has 1 aliphatic heterocycles. The average molecular weight is 280 g/mol. The van der Waals surface area contributed by atoms with Gasteiger partial charge in [-0.05, 0) is 36.2 Å². The van der Waals surface area contributed by atoms with Crippen molar-refractivity contribution < 1.29 is 0 Å². The first-order valence-corrected chi connectivity index (χ1v) is 7.87. The predicted octanol–water partition coefficient (Wildman–Crippen LogP) is 3.73. The number of hydrogen-bond acceptors (Lipinski definition) is 3. The smallest absolute Gasteiger partial charge is 0.0957 e. The Kier molecular flexibility index (Phi) is 3.02. The van der Waals surface area contributed by atoms with E-state index in [4.69, 9.17) is 4.98 Å². The van der Waals surface area contributed by atoms with Gasteiger partial charge in [-0.15, -0.1) is 11.3 Å². The van der Waals surface area contributed by atoms with E-state index in [0.717, 1.165) is 24.9 Å². The summed E-state index contributed by atoms with van der Waals surface area (Å²) in [5, 5.41) is 4.86. The van der Waals surface area contributed by atoms with E-state index in [2.05, 4.69) is 53.8 Å². The largest absolute Gasteiger partial charge is 0.309 e. The Morgan fingerprint density at radius 2 is 1.95 bits per heavy atom. The quantitative estimate of drug-likeness (QED) is 0.774. The van der Waals surface area contributed by atoms with Crippen LogP contribution in [0.25, 0.3) is 10.2 Å². The van der Waals surface area contributed by atoms with Crippen molar-refractivity contribution in [3.05, 3.63) is 64.7 Å². The Morgan fingerprint density at radius 1 is 1.10 bits per heavy atom. The average Bonchev–Trinajstić information content (AvgIpc) is 2.90. The van der Waals surface area contributed by atoms with Gasteiger partial charge in [-0.2, -0.15) is 0 Å². The molecule has 1 aromatic heterocycles. The molecule has 3 heteroatoms. The highest BCUT2D eigenvalue weighted by Gasteiger charge is 2.20. The summed E-state index contributed by atoms with van der Waals surface area (Å²) in [5.41, 5.74) is 4.05. The van der Waals surface area contributed by atoms with Crippen molar-refractivity contribution in [2.45, 2.75) is 18.9 Å². The molecule has 0 fully saturated rings. The van der Waals surface area contributed by atoms with Crippen molar-refractivity contribution in [3.8, 4) is 0 Å². The molecule has 0 spiro atoms. The third kappa shape index (κ3) is 2.13. The summed E-state index contributed by atoms with van der Waals surface area (Å²) in [6.07, 6.45) is 2.11. The van der Waals surface area contributed by atoms with Crippen LogP contribution in [0.2, 0.25) is 0 Å². The molecule has 0 aliphatic carbocycles. The fourth-order valence-electron chi connectivity index (χ4n) is 2.96. The van der Waals surface area contributed by atoms with Crippen molar-refractivity contribution in [1.29, 1.82) is 0 Å². The summed E-state index contributed by atoms with van der Waals surface area (Å²) >= 11 is 1.81. The van der Waals surface area contributed by atoms with Gasteiger partial charge in [0.2, 0.25) is 0 Å².